The fourth-order valence-electron chi connectivity index (χ4n) is 7.62. The Morgan fingerprint density at radius 1 is 0.660 bits per heavy atom. The number of aromatic nitrogens is 3. The van der Waals surface area contributed by atoms with Crippen LogP contribution < -0.4 is 4.90 Å². The Labute approximate surface area is 272 Å². The van der Waals surface area contributed by atoms with Gasteiger partial charge in [0.2, 0.25) is 0 Å². The second-order valence-electron chi connectivity index (χ2n) is 12.3. The van der Waals surface area contributed by atoms with Crippen LogP contribution in [0, 0.1) is 0 Å². The summed E-state index contributed by atoms with van der Waals surface area (Å²) in [4.78, 5) is 13.1. The molecule has 2 aromatic heterocycles. The lowest BCUT2D eigenvalue weighted by Gasteiger charge is -2.28. The Morgan fingerprint density at radius 3 is 2.38 bits per heavy atom. The van der Waals surface area contributed by atoms with Gasteiger partial charge in [-0.15, -0.1) is 5.73 Å². The maximum Gasteiger partial charge on any atom is 0.162 e. The highest BCUT2D eigenvalue weighted by Crippen LogP contribution is 2.48. The molecule has 0 saturated heterocycles. The van der Waals surface area contributed by atoms with Crippen molar-refractivity contribution in [3.05, 3.63) is 168 Å². The SMILES string of the molecule is C1=CC=Cc2nc(-c3ccc4c(c3)C3C=CC=CC3N4c3ccccc3)nc(-n3c4ccccc4c4cc5ccccc5cc43)c2C=1. The van der Waals surface area contributed by atoms with E-state index in [1.54, 1.807) is 0 Å². The molecule has 3 aliphatic rings. The summed E-state index contributed by atoms with van der Waals surface area (Å²) in [5.74, 6) is 1.80. The van der Waals surface area contributed by atoms with E-state index in [0.717, 1.165) is 33.7 Å². The third kappa shape index (κ3) is 3.96. The number of hydrogen-bond donors (Lipinski definition) is 0. The van der Waals surface area contributed by atoms with Crippen LogP contribution in [0.2, 0.25) is 0 Å². The number of benzene rings is 5. The van der Waals surface area contributed by atoms with Gasteiger partial charge >= 0.3 is 0 Å². The average Bonchev–Trinajstić information content (AvgIpc) is 3.50. The predicted molar refractivity (Wildman–Crippen MR) is 194 cm³/mol. The lowest BCUT2D eigenvalue weighted by molar-refractivity contribution is 0.745. The first-order valence-corrected chi connectivity index (χ1v) is 16.1. The van der Waals surface area contributed by atoms with Crippen molar-refractivity contribution < 1.29 is 0 Å². The van der Waals surface area contributed by atoms with Gasteiger partial charge in [0.05, 0.1) is 28.3 Å². The topological polar surface area (TPSA) is 34.0 Å². The van der Waals surface area contributed by atoms with Crippen molar-refractivity contribution in [3.8, 4) is 17.2 Å². The second kappa shape index (κ2) is 10.1. The molecule has 3 heterocycles. The summed E-state index contributed by atoms with van der Waals surface area (Å²) >= 11 is 0. The van der Waals surface area contributed by atoms with Gasteiger partial charge < -0.3 is 4.90 Å². The summed E-state index contributed by atoms with van der Waals surface area (Å²) < 4.78 is 2.31. The van der Waals surface area contributed by atoms with E-state index in [0.29, 0.717) is 5.82 Å². The number of hydrogen-bond acceptors (Lipinski definition) is 3. The van der Waals surface area contributed by atoms with E-state index in [-0.39, 0.29) is 12.0 Å². The molecule has 1 aliphatic heterocycles. The molecule has 4 nitrogen and oxygen atoms in total. The van der Waals surface area contributed by atoms with E-state index >= 15 is 0 Å². The molecule has 0 spiro atoms. The lowest BCUT2D eigenvalue weighted by atomic mass is 9.90. The quantitative estimate of drug-likeness (QED) is 0.189. The third-order valence-corrected chi connectivity index (χ3v) is 9.72. The molecular weight excluding hydrogens is 573 g/mol. The molecule has 2 atom stereocenters. The van der Waals surface area contributed by atoms with Crippen molar-refractivity contribution in [3.63, 3.8) is 0 Å². The first-order chi connectivity index (χ1) is 23.3. The largest absolute Gasteiger partial charge is 0.333 e. The van der Waals surface area contributed by atoms with Gasteiger partial charge in [-0.2, -0.15) is 0 Å². The number of anilines is 2. The molecule has 2 unspecified atom stereocenters. The van der Waals surface area contributed by atoms with Gasteiger partial charge in [-0.25, -0.2) is 9.97 Å². The minimum absolute atomic E-state index is 0.225. The van der Waals surface area contributed by atoms with Crippen LogP contribution in [0.4, 0.5) is 11.4 Å². The van der Waals surface area contributed by atoms with Gasteiger partial charge in [0.15, 0.2) is 5.82 Å². The number of fused-ring (bicyclic) bond motifs is 8. The summed E-state index contributed by atoms with van der Waals surface area (Å²) in [7, 11) is 0. The molecule has 0 radical (unpaired) electrons. The highest BCUT2D eigenvalue weighted by molar-refractivity contribution is 6.13. The maximum absolute atomic E-state index is 5.41. The predicted octanol–water partition coefficient (Wildman–Crippen LogP) is 10.3. The molecule has 0 amide bonds. The van der Waals surface area contributed by atoms with E-state index in [1.165, 1.54) is 38.5 Å². The van der Waals surface area contributed by atoms with Gasteiger partial charge in [0.1, 0.15) is 5.82 Å². The number of rotatable bonds is 3. The van der Waals surface area contributed by atoms with Gasteiger partial charge in [-0.1, -0.05) is 91.0 Å². The van der Waals surface area contributed by atoms with E-state index in [2.05, 4.69) is 155 Å². The zero-order valence-corrected chi connectivity index (χ0v) is 25.5. The van der Waals surface area contributed by atoms with E-state index in [4.69, 9.17) is 9.97 Å². The fourth-order valence-corrected chi connectivity index (χ4v) is 7.62. The van der Waals surface area contributed by atoms with Crippen LogP contribution >= 0.6 is 0 Å². The number of nitrogens with zero attached hydrogens (tertiary/aromatic N) is 4. The van der Waals surface area contributed by atoms with Gasteiger partial charge in [0.25, 0.3) is 0 Å². The Morgan fingerprint density at radius 2 is 1.47 bits per heavy atom. The van der Waals surface area contributed by atoms with Gasteiger partial charge in [-0.3, -0.25) is 4.57 Å². The molecule has 7 aromatic rings. The molecule has 0 fully saturated rings. The molecule has 4 heteroatoms. The van der Waals surface area contributed by atoms with Crippen LogP contribution in [-0.4, -0.2) is 20.6 Å². The maximum atomic E-state index is 5.41. The fraction of sp³-hybridized carbons (Fsp3) is 0.0465. The Bertz CT molecular complexity index is 2580. The zero-order chi connectivity index (χ0) is 30.9. The molecular formula is C43H28N4. The summed E-state index contributed by atoms with van der Waals surface area (Å²) in [6, 6.07) is 39.4. The molecule has 2 aliphatic carbocycles. The Balaban J connectivity index is 1.22. The van der Waals surface area contributed by atoms with Crippen molar-refractivity contribution in [1.82, 2.24) is 14.5 Å². The van der Waals surface area contributed by atoms with Crippen LogP contribution in [0.5, 0.6) is 0 Å². The second-order valence-corrected chi connectivity index (χ2v) is 12.3. The molecule has 5 aromatic carbocycles. The highest BCUT2D eigenvalue weighted by Gasteiger charge is 2.37. The van der Waals surface area contributed by atoms with E-state index in [1.807, 2.05) is 18.2 Å². The minimum atomic E-state index is 0.225. The third-order valence-electron chi connectivity index (χ3n) is 9.72. The molecule has 47 heavy (non-hydrogen) atoms. The van der Waals surface area contributed by atoms with Crippen LogP contribution in [0.15, 0.2) is 151 Å². The summed E-state index contributed by atoms with van der Waals surface area (Å²) in [5.41, 5.74) is 12.1. The number of para-hydroxylation sites is 2. The van der Waals surface area contributed by atoms with Gasteiger partial charge in [0, 0.05) is 33.6 Å². The first-order valence-electron chi connectivity index (χ1n) is 16.1. The Kier molecular flexibility index (Phi) is 5.62. The van der Waals surface area contributed by atoms with Crippen LogP contribution in [0.3, 0.4) is 0 Å². The molecule has 0 saturated carbocycles. The van der Waals surface area contributed by atoms with Crippen LogP contribution in [-0.2, 0) is 0 Å². The standard InChI is InChI=1S/C43H28N4/c1-3-15-31(16-4-1)46-38-21-11-9-17-32(38)35-26-30(23-24-40(35)46)42-44-37-20-6-2-5-19-34(37)43(45-42)47-39-22-12-10-18-33(39)36-25-28-13-7-8-14-29(28)27-41(36)47/h1-4,6-27,32,38H. The minimum Gasteiger partial charge on any atom is -0.333 e. The van der Waals surface area contributed by atoms with Crippen molar-refractivity contribution in [2.24, 2.45) is 0 Å². The zero-order valence-electron chi connectivity index (χ0n) is 25.5. The summed E-state index contributed by atoms with van der Waals surface area (Å²) in [5, 5.41) is 4.83. The van der Waals surface area contributed by atoms with Crippen molar-refractivity contribution in [1.29, 1.82) is 0 Å². The summed E-state index contributed by atoms with van der Waals surface area (Å²) in [6.45, 7) is 0. The van der Waals surface area contributed by atoms with Crippen LogP contribution in [0.1, 0.15) is 22.7 Å². The normalized spacial score (nSPS) is 17.4. The molecule has 0 bridgehead atoms. The molecule has 10 rings (SSSR count). The molecule has 0 N–H and O–H groups in total. The average molecular weight is 601 g/mol. The van der Waals surface area contributed by atoms with Crippen LogP contribution in [0.25, 0.3) is 61.9 Å². The lowest BCUT2D eigenvalue weighted by Crippen LogP contribution is -2.28. The highest BCUT2D eigenvalue weighted by atomic mass is 15.2. The van der Waals surface area contributed by atoms with Crippen molar-refractivity contribution in [2.75, 3.05) is 4.90 Å². The monoisotopic (exact) mass is 600 g/mol. The number of allylic oxidation sites excluding steroid dienone is 4. The van der Waals surface area contributed by atoms with E-state index in [9.17, 15) is 0 Å². The summed E-state index contributed by atoms with van der Waals surface area (Å²) in [6.07, 6.45) is 17.0. The smallest absolute Gasteiger partial charge is 0.162 e. The van der Waals surface area contributed by atoms with E-state index < -0.39 is 0 Å². The first kappa shape index (κ1) is 26.0. The van der Waals surface area contributed by atoms with Crippen molar-refractivity contribution in [2.45, 2.75) is 12.0 Å². The molecule has 220 valence electrons. The Hall–Kier alpha value is -6.22. The van der Waals surface area contributed by atoms with Crippen molar-refractivity contribution >= 4 is 56.1 Å². The van der Waals surface area contributed by atoms with Gasteiger partial charge in [-0.05, 0) is 83.1 Å².